The van der Waals surface area contributed by atoms with Crippen molar-refractivity contribution in [3.63, 3.8) is 0 Å². The molecule has 15 heavy (non-hydrogen) atoms. The van der Waals surface area contributed by atoms with Gasteiger partial charge in [0.05, 0.1) is 6.10 Å². The molecule has 86 valence electrons. The topological polar surface area (TPSA) is 21.3 Å². The highest BCUT2D eigenvalue weighted by Crippen LogP contribution is 2.20. The van der Waals surface area contributed by atoms with Crippen molar-refractivity contribution in [2.45, 2.75) is 46.4 Å². The summed E-state index contributed by atoms with van der Waals surface area (Å²) in [7, 11) is 1.75. The minimum Gasteiger partial charge on any atom is -0.380 e. The van der Waals surface area contributed by atoms with E-state index in [4.69, 9.17) is 4.74 Å². The van der Waals surface area contributed by atoms with E-state index in [1.807, 2.05) is 11.3 Å². The van der Waals surface area contributed by atoms with Crippen LogP contribution in [0.5, 0.6) is 0 Å². The second-order valence-corrected chi connectivity index (χ2v) is 5.40. The van der Waals surface area contributed by atoms with Crippen LogP contribution in [0.2, 0.25) is 0 Å². The van der Waals surface area contributed by atoms with E-state index in [0.717, 1.165) is 6.54 Å². The van der Waals surface area contributed by atoms with Crippen molar-refractivity contribution in [1.29, 1.82) is 0 Å². The molecule has 0 bridgehead atoms. The van der Waals surface area contributed by atoms with E-state index >= 15 is 0 Å². The fourth-order valence-corrected chi connectivity index (χ4v) is 2.37. The van der Waals surface area contributed by atoms with Crippen molar-refractivity contribution in [3.8, 4) is 0 Å². The van der Waals surface area contributed by atoms with Crippen LogP contribution < -0.4 is 5.32 Å². The maximum atomic E-state index is 5.27. The number of hydrogen-bond donors (Lipinski definition) is 1. The number of ether oxygens (including phenoxy) is 1. The molecule has 0 fully saturated rings. The van der Waals surface area contributed by atoms with Crippen LogP contribution in [0.4, 0.5) is 0 Å². The Hall–Kier alpha value is -0.380. The van der Waals surface area contributed by atoms with Crippen molar-refractivity contribution >= 4 is 11.3 Å². The Balaban J connectivity index is 2.43. The normalized spacial score (nSPS) is 15.3. The fourth-order valence-electron chi connectivity index (χ4n) is 1.37. The van der Waals surface area contributed by atoms with Gasteiger partial charge >= 0.3 is 0 Å². The predicted molar refractivity (Wildman–Crippen MR) is 66.6 cm³/mol. The van der Waals surface area contributed by atoms with Crippen LogP contribution in [0.3, 0.4) is 0 Å². The third-order valence-electron chi connectivity index (χ3n) is 2.89. The third kappa shape index (κ3) is 3.59. The molecule has 2 nitrogen and oxygen atoms in total. The lowest BCUT2D eigenvalue weighted by atomic mass is 10.2. The van der Waals surface area contributed by atoms with Gasteiger partial charge in [0, 0.05) is 29.5 Å². The van der Waals surface area contributed by atoms with Crippen LogP contribution in [0.25, 0.3) is 0 Å². The minimum absolute atomic E-state index is 0.257. The molecule has 0 saturated heterocycles. The standard InChI is InChI=1S/C12H21NOS/c1-8-6-12(15-11(8)4)7-13-9(2)10(3)14-5/h6,9-10,13H,7H2,1-5H3. The van der Waals surface area contributed by atoms with Crippen LogP contribution in [-0.4, -0.2) is 19.3 Å². The molecule has 0 aromatic carbocycles. The average Bonchev–Trinajstić information content (AvgIpc) is 2.54. The summed E-state index contributed by atoms with van der Waals surface area (Å²) in [6.45, 7) is 9.51. The molecular weight excluding hydrogens is 206 g/mol. The van der Waals surface area contributed by atoms with Crippen molar-refractivity contribution in [2.24, 2.45) is 0 Å². The second-order valence-electron chi connectivity index (χ2n) is 4.06. The van der Waals surface area contributed by atoms with E-state index in [0.29, 0.717) is 6.04 Å². The SMILES string of the molecule is COC(C)C(C)NCc1cc(C)c(C)s1. The fraction of sp³-hybridized carbons (Fsp3) is 0.667. The minimum atomic E-state index is 0.257. The first-order chi connectivity index (χ1) is 7.04. The first kappa shape index (κ1) is 12.7. The molecule has 3 heteroatoms. The van der Waals surface area contributed by atoms with Gasteiger partial charge in [-0.1, -0.05) is 0 Å². The highest BCUT2D eigenvalue weighted by molar-refractivity contribution is 7.12. The zero-order valence-corrected chi connectivity index (χ0v) is 11.1. The number of aryl methyl sites for hydroxylation is 2. The lowest BCUT2D eigenvalue weighted by molar-refractivity contribution is 0.0883. The monoisotopic (exact) mass is 227 g/mol. The van der Waals surface area contributed by atoms with Gasteiger partial charge in [-0.15, -0.1) is 11.3 Å². The Kier molecular flexibility index (Phi) is 4.77. The van der Waals surface area contributed by atoms with Gasteiger partial charge < -0.3 is 10.1 Å². The van der Waals surface area contributed by atoms with E-state index < -0.39 is 0 Å². The summed E-state index contributed by atoms with van der Waals surface area (Å²) in [5, 5.41) is 3.48. The van der Waals surface area contributed by atoms with Gasteiger partial charge in [0.25, 0.3) is 0 Å². The Morgan fingerprint density at radius 2 is 2.07 bits per heavy atom. The molecule has 0 amide bonds. The Morgan fingerprint density at radius 1 is 1.40 bits per heavy atom. The van der Waals surface area contributed by atoms with Gasteiger partial charge in [-0.2, -0.15) is 0 Å². The number of methoxy groups -OCH3 is 1. The van der Waals surface area contributed by atoms with Crippen molar-refractivity contribution in [1.82, 2.24) is 5.32 Å². The maximum absolute atomic E-state index is 5.27. The third-order valence-corrected chi connectivity index (χ3v) is 4.04. The number of hydrogen-bond acceptors (Lipinski definition) is 3. The summed E-state index contributed by atoms with van der Waals surface area (Å²) in [5.74, 6) is 0. The van der Waals surface area contributed by atoms with E-state index in [1.54, 1.807) is 7.11 Å². The molecule has 0 aliphatic rings. The summed E-state index contributed by atoms with van der Waals surface area (Å²) in [6.07, 6.45) is 0.257. The van der Waals surface area contributed by atoms with Crippen LogP contribution in [-0.2, 0) is 11.3 Å². The van der Waals surface area contributed by atoms with Crippen molar-refractivity contribution in [2.75, 3.05) is 7.11 Å². The van der Waals surface area contributed by atoms with Crippen molar-refractivity contribution < 1.29 is 4.74 Å². The second kappa shape index (κ2) is 5.64. The molecule has 1 rings (SSSR count). The lowest BCUT2D eigenvalue weighted by Gasteiger charge is -2.19. The summed E-state index contributed by atoms with van der Waals surface area (Å²) in [6, 6.07) is 2.65. The molecule has 0 aliphatic carbocycles. The molecule has 0 spiro atoms. The van der Waals surface area contributed by atoms with Gasteiger partial charge in [-0.25, -0.2) is 0 Å². The first-order valence-electron chi connectivity index (χ1n) is 5.36. The smallest absolute Gasteiger partial charge is 0.0693 e. The van der Waals surface area contributed by atoms with E-state index in [9.17, 15) is 0 Å². The summed E-state index contributed by atoms with van der Waals surface area (Å²) in [5.41, 5.74) is 1.39. The van der Waals surface area contributed by atoms with Gasteiger partial charge in [0.15, 0.2) is 0 Å². The van der Waals surface area contributed by atoms with E-state index in [1.165, 1.54) is 15.3 Å². The van der Waals surface area contributed by atoms with Gasteiger partial charge in [-0.05, 0) is 39.3 Å². The molecule has 0 aliphatic heterocycles. The quantitative estimate of drug-likeness (QED) is 0.835. The molecule has 1 N–H and O–H groups in total. The summed E-state index contributed by atoms with van der Waals surface area (Å²) in [4.78, 5) is 2.82. The molecule has 1 aromatic heterocycles. The molecular formula is C12H21NOS. The molecule has 0 saturated carbocycles. The zero-order valence-electron chi connectivity index (χ0n) is 10.3. The summed E-state index contributed by atoms with van der Waals surface area (Å²) >= 11 is 1.87. The predicted octanol–water partition coefficient (Wildman–Crippen LogP) is 2.88. The van der Waals surface area contributed by atoms with Crippen LogP contribution in [0.1, 0.15) is 29.2 Å². The van der Waals surface area contributed by atoms with Crippen LogP contribution >= 0.6 is 11.3 Å². The molecule has 2 unspecified atom stereocenters. The molecule has 1 heterocycles. The van der Waals surface area contributed by atoms with Crippen LogP contribution in [0, 0.1) is 13.8 Å². The zero-order chi connectivity index (χ0) is 11.4. The first-order valence-corrected chi connectivity index (χ1v) is 6.18. The average molecular weight is 227 g/mol. The summed E-state index contributed by atoms with van der Waals surface area (Å²) < 4.78 is 5.27. The van der Waals surface area contributed by atoms with Gasteiger partial charge in [0.2, 0.25) is 0 Å². The van der Waals surface area contributed by atoms with Crippen molar-refractivity contribution in [3.05, 3.63) is 21.4 Å². The Labute approximate surface area is 96.7 Å². The Bertz CT molecular complexity index is 289. The number of thiophene rings is 1. The largest absolute Gasteiger partial charge is 0.380 e. The highest BCUT2D eigenvalue weighted by atomic mass is 32.1. The van der Waals surface area contributed by atoms with Gasteiger partial charge in [-0.3, -0.25) is 0 Å². The van der Waals surface area contributed by atoms with E-state index in [2.05, 4.69) is 39.1 Å². The Morgan fingerprint density at radius 3 is 2.53 bits per heavy atom. The van der Waals surface area contributed by atoms with E-state index in [-0.39, 0.29) is 6.10 Å². The van der Waals surface area contributed by atoms with Crippen LogP contribution in [0.15, 0.2) is 6.07 Å². The highest BCUT2D eigenvalue weighted by Gasteiger charge is 2.10. The van der Waals surface area contributed by atoms with Gasteiger partial charge in [0.1, 0.15) is 0 Å². The lowest BCUT2D eigenvalue weighted by Crippen LogP contribution is -2.35. The molecule has 0 radical (unpaired) electrons. The number of nitrogens with one attached hydrogen (secondary N) is 1. The maximum Gasteiger partial charge on any atom is 0.0693 e. The molecule has 1 aromatic rings. The number of rotatable bonds is 5. The molecule has 2 atom stereocenters.